The molecule has 0 saturated heterocycles. The van der Waals surface area contributed by atoms with Crippen LogP contribution in [0.1, 0.15) is 48.0 Å². The molecule has 0 aromatic rings. The van der Waals surface area contributed by atoms with Crippen LogP contribution in [0.4, 0.5) is 4.39 Å². The van der Waals surface area contributed by atoms with Gasteiger partial charge in [0.05, 0.1) is 26.4 Å². The number of rotatable bonds is 10. The zero-order valence-electron chi connectivity index (χ0n) is 16.6. The number of aliphatic imine (C=N–C) groups is 2. The van der Waals surface area contributed by atoms with Gasteiger partial charge in [0.2, 0.25) is 17.7 Å². The van der Waals surface area contributed by atoms with Gasteiger partial charge >= 0.3 is 7.60 Å². The minimum Gasteiger partial charge on any atom is -0.480 e. The Morgan fingerprint density at radius 3 is 1.96 bits per heavy atom. The molecule has 0 aliphatic carbocycles. The lowest BCUT2D eigenvalue weighted by Crippen LogP contribution is -2.39. The first-order chi connectivity index (χ1) is 12.3. The van der Waals surface area contributed by atoms with Crippen molar-refractivity contribution in [2.45, 2.75) is 66.0 Å². The average molecular weight is 394 g/mol. The summed E-state index contributed by atoms with van der Waals surface area (Å²) in [6.07, 6.45) is -0.211. The van der Waals surface area contributed by atoms with Gasteiger partial charge < -0.3 is 18.5 Å². The predicted molar refractivity (Wildman–Crippen MR) is 101 cm³/mol. The Morgan fingerprint density at radius 2 is 1.50 bits per heavy atom. The smallest absolute Gasteiger partial charge is 0.364 e. The quantitative estimate of drug-likeness (QED) is 0.519. The first kappa shape index (κ1) is 23.1. The van der Waals surface area contributed by atoms with E-state index in [4.69, 9.17) is 18.5 Å². The number of hydrogen-bond acceptors (Lipinski definition) is 7. The van der Waals surface area contributed by atoms with Crippen LogP contribution in [0.25, 0.3) is 0 Å². The van der Waals surface area contributed by atoms with Gasteiger partial charge in [0.15, 0.2) is 0 Å². The van der Waals surface area contributed by atoms with Gasteiger partial charge in [-0.15, -0.1) is 0 Å². The second-order valence-corrected chi connectivity index (χ2v) is 8.21. The minimum atomic E-state index is -3.88. The topological polar surface area (TPSA) is 78.7 Å². The van der Waals surface area contributed by atoms with E-state index in [1.807, 2.05) is 27.7 Å². The summed E-state index contributed by atoms with van der Waals surface area (Å²) in [4.78, 5) is 9.09. The molecule has 3 atom stereocenters. The van der Waals surface area contributed by atoms with Crippen molar-refractivity contribution in [1.29, 1.82) is 0 Å². The lowest BCUT2D eigenvalue weighted by atomic mass is 10.0. The lowest BCUT2D eigenvalue weighted by molar-refractivity contribution is 0.184. The average Bonchev–Trinajstić information content (AvgIpc) is 2.57. The highest BCUT2D eigenvalue weighted by atomic mass is 31.2. The van der Waals surface area contributed by atoms with Crippen molar-refractivity contribution in [1.82, 2.24) is 0 Å². The largest absolute Gasteiger partial charge is 0.480 e. The molecule has 0 fully saturated rings. The van der Waals surface area contributed by atoms with E-state index >= 15 is 0 Å². The summed E-state index contributed by atoms with van der Waals surface area (Å²) >= 11 is 0. The van der Waals surface area contributed by atoms with Crippen molar-refractivity contribution < 1.29 is 27.5 Å². The molecule has 1 rings (SSSR count). The molecule has 0 aromatic carbocycles. The van der Waals surface area contributed by atoms with Gasteiger partial charge in [-0.25, -0.2) is 14.4 Å². The molecule has 0 bridgehead atoms. The molecular formula is C17H32FN2O5P. The summed E-state index contributed by atoms with van der Waals surface area (Å²) in [5, 5.41) is 0. The molecule has 0 N–H and O–H groups in total. The van der Waals surface area contributed by atoms with Gasteiger partial charge in [-0.3, -0.25) is 4.57 Å². The first-order valence-corrected chi connectivity index (χ1v) is 10.9. The second kappa shape index (κ2) is 11.0. The Morgan fingerprint density at radius 1 is 0.962 bits per heavy atom. The van der Waals surface area contributed by atoms with Crippen molar-refractivity contribution in [2.75, 3.05) is 26.4 Å². The molecule has 26 heavy (non-hydrogen) atoms. The van der Waals surface area contributed by atoms with Gasteiger partial charge in [-0.05, 0) is 33.6 Å². The third-order valence-electron chi connectivity index (χ3n) is 3.68. The highest BCUT2D eigenvalue weighted by Gasteiger charge is 2.41. The summed E-state index contributed by atoms with van der Waals surface area (Å²) in [6, 6.07) is -1.01. The van der Waals surface area contributed by atoms with Crippen LogP contribution in [0.5, 0.6) is 0 Å². The SMILES string of the molecule is CCOC1=N[C@H](C(C)C)C(OCC)=N[C@H]1C[C@H](F)P(=O)(OCC)OCC. The minimum absolute atomic E-state index is 0.0949. The summed E-state index contributed by atoms with van der Waals surface area (Å²) in [7, 11) is -3.88. The number of alkyl halides is 1. The molecule has 0 amide bonds. The van der Waals surface area contributed by atoms with Crippen LogP contribution in [0.2, 0.25) is 0 Å². The number of halogens is 1. The predicted octanol–water partition coefficient (Wildman–Crippen LogP) is 4.22. The molecule has 1 heterocycles. The normalized spacial score (nSPS) is 22.0. The fraction of sp³-hybridized carbons (Fsp3) is 0.882. The Bertz CT molecular complexity index is 531. The Hall–Kier alpha value is -0.980. The number of ether oxygens (including phenoxy) is 2. The zero-order chi connectivity index (χ0) is 19.7. The maximum atomic E-state index is 14.9. The molecule has 1 aliphatic rings. The van der Waals surface area contributed by atoms with E-state index in [2.05, 4.69) is 9.98 Å². The van der Waals surface area contributed by atoms with Crippen LogP contribution in [0.3, 0.4) is 0 Å². The van der Waals surface area contributed by atoms with Gasteiger partial charge in [-0.1, -0.05) is 13.8 Å². The molecule has 1 aliphatic heterocycles. The molecule has 152 valence electrons. The van der Waals surface area contributed by atoms with Crippen molar-refractivity contribution in [3.8, 4) is 0 Å². The molecule has 0 spiro atoms. The van der Waals surface area contributed by atoms with Crippen LogP contribution in [-0.4, -0.2) is 56.2 Å². The molecule has 0 unspecified atom stereocenters. The van der Waals surface area contributed by atoms with Gasteiger partial charge in [0.1, 0.15) is 12.1 Å². The Kier molecular flexibility index (Phi) is 9.75. The fourth-order valence-corrected chi connectivity index (χ4v) is 4.15. The maximum absolute atomic E-state index is 14.9. The van der Waals surface area contributed by atoms with E-state index in [9.17, 15) is 8.96 Å². The van der Waals surface area contributed by atoms with Crippen molar-refractivity contribution >= 4 is 19.4 Å². The van der Waals surface area contributed by atoms with Crippen LogP contribution < -0.4 is 0 Å². The summed E-state index contributed by atoms with van der Waals surface area (Å²) in [5.41, 5.74) is 0. The first-order valence-electron chi connectivity index (χ1n) is 9.26. The van der Waals surface area contributed by atoms with E-state index in [0.717, 1.165) is 0 Å². The van der Waals surface area contributed by atoms with Crippen LogP contribution in [-0.2, 0) is 23.1 Å². The molecule has 0 saturated carbocycles. The second-order valence-electron chi connectivity index (χ2n) is 6.05. The van der Waals surface area contributed by atoms with Crippen LogP contribution in [0, 0.1) is 5.92 Å². The third kappa shape index (κ3) is 6.03. The summed E-state index contributed by atoms with van der Waals surface area (Å²) in [5.74, 6) is -0.904. The van der Waals surface area contributed by atoms with E-state index in [-0.39, 0.29) is 31.6 Å². The number of nitrogens with zero attached hydrogens (tertiary/aromatic N) is 2. The van der Waals surface area contributed by atoms with Crippen LogP contribution >= 0.6 is 7.60 Å². The summed E-state index contributed by atoms with van der Waals surface area (Å²) < 4.78 is 48.9. The molecule has 9 heteroatoms. The van der Waals surface area contributed by atoms with E-state index < -0.39 is 19.6 Å². The van der Waals surface area contributed by atoms with Gasteiger partial charge in [-0.2, -0.15) is 0 Å². The maximum Gasteiger partial charge on any atom is 0.364 e. The summed E-state index contributed by atoms with van der Waals surface area (Å²) in [6.45, 7) is 12.0. The fourth-order valence-electron chi connectivity index (χ4n) is 2.58. The Labute approximate surface area is 155 Å². The molecule has 0 aromatic heterocycles. The standard InChI is InChI=1S/C17H32FN2O5P/c1-7-22-16-13(11-14(18)26(21,24-9-3)25-10-4)19-17(23-8-2)15(20-16)12(5)6/h12-15H,7-11H2,1-6H3/t13-,14+,15+/m0/s1. The lowest BCUT2D eigenvalue weighted by Gasteiger charge is -2.29. The molecular weight excluding hydrogens is 362 g/mol. The monoisotopic (exact) mass is 394 g/mol. The van der Waals surface area contributed by atoms with Crippen molar-refractivity contribution in [3.05, 3.63) is 0 Å². The van der Waals surface area contributed by atoms with E-state index in [0.29, 0.717) is 25.0 Å². The zero-order valence-corrected chi connectivity index (χ0v) is 17.5. The van der Waals surface area contributed by atoms with E-state index in [1.165, 1.54) is 0 Å². The highest BCUT2D eigenvalue weighted by Crippen LogP contribution is 2.55. The van der Waals surface area contributed by atoms with Gasteiger partial charge in [0.25, 0.3) is 0 Å². The third-order valence-corrected chi connectivity index (χ3v) is 5.82. The number of hydrogen-bond donors (Lipinski definition) is 0. The highest BCUT2D eigenvalue weighted by molar-refractivity contribution is 7.54. The molecule has 7 nitrogen and oxygen atoms in total. The van der Waals surface area contributed by atoms with Crippen LogP contribution in [0.15, 0.2) is 9.98 Å². The Balaban J connectivity index is 3.09. The van der Waals surface area contributed by atoms with Crippen molar-refractivity contribution in [2.24, 2.45) is 15.9 Å². The van der Waals surface area contributed by atoms with Crippen molar-refractivity contribution in [3.63, 3.8) is 0 Å². The van der Waals surface area contributed by atoms with Gasteiger partial charge in [0, 0.05) is 6.42 Å². The molecule has 0 radical (unpaired) electrons. The van der Waals surface area contributed by atoms with E-state index in [1.54, 1.807) is 13.8 Å².